The maximum Gasteiger partial charge on any atom is 0.160 e. The number of benzene rings is 2. The fourth-order valence-electron chi connectivity index (χ4n) is 3.54. The van der Waals surface area contributed by atoms with Crippen molar-refractivity contribution in [1.82, 2.24) is 10.4 Å². The molecular formula is C23H18Cl3N3O. The van der Waals surface area contributed by atoms with Gasteiger partial charge in [-0.25, -0.2) is 5.43 Å². The van der Waals surface area contributed by atoms with Crippen LogP contribution in [0, 0.1) is 0 Å². The van der Waals surface area contributed by atoms with Crippen LogP contribution in [0.4, 0.5) is 5.69 Å². The van der Waals surface area contributed by atoms with E-state index in [0.717, 1.165) is 22.4 Å². The van der Waals surface area contributed by atoms with Crippen LogP contribution in [0.25, 0.3) is 5.70 Å². The lowest BCUT2D eigenvalue weighted by atomic mass is 9.97. The van der Waals surface area contributed by atoms with E-state index >= 15 is 0 Å². The number of aromatic nitrogens is 1. The number of halogens is 3. The van der Waals surface area contributed by atoms with Crippen molar-refractivity contribution in [3.63, 3.8) is 0 Å². The lowest BCUT2D eigenvalue weighted by molar-refractivity contribution is -0.119. The lowest BCUT2D eigenvalue weighted by Gasteiger charge is -2.25. The Morgan fingerprint density at radius 3 is 2.33 bits per heavy atom. The number of ketones is 1. The van der Waals surface area contributed by atoms with E-state index in [1.54, 1.807) is 24.5 Å². The van der Waals surface area contributed by atoms with Crippen molar-refractivity contribution in [2.75, 3.05) is 5.01 Å². The van der Waals surface area contributed by atoms with Gasteiger partial charge in [0.05, 0.1) is 16.4 Å². The van der Waals surface area contributed by atoms with Crippen molar-refractivity contribution in [2.45, 2.75) is 19.4 Å². The van der Waals surface area contributed by atoms with Crippen LogP contribution in [0.2, 0.25) is 15.1 Å². The van der Waals surface area contributed by atoms with Crippen LogP contribution in [-0.4, -0.2) is 16.8 Å². The molecule has 0 amide bonds. The molecule has 1 aliphatic heterocycles. The SMILES string of the molecule is CC1=C(c2ccc(Cl)cc2)N(c2ccc(Cl)cc2Cl)NC1C(=O)Cc1ccncc1. The number of carbonyl (C=O) groups is 1. The van der Waals surface area contributed by atoms with Crippen LogP contribution in [0.1, 0.15) is 18.1 Å². The minimum absolute atomic E-state index is 0.0535. The van der Waals surface area contributed by atoms with E-state index in [2.05, 4.69) is 10.4 Å². The third-order valence-corrected chi connectivity index (χ3v) is 5.80. The highest BCUT2D eigenvalue weighted by Gasteiger charge is 2.35. The standard InChI is InChI=1S/C23H18Cl3N3O/c1-14-22(21(30)12-15-8-10-27-11-9-15)28-29(20-7-6-18(25)13-19(20)26)23(14)16-2-4-17(24)5-3-16/h2-11,13,22,28H,12H2,1H3. The van der Waals surface area contributed by atoms with Gasteiger partial charge in [0, 0.05) is 28.9 Å². The molecule has 0 fully saturated rings. The van der Waals surface area contributed by atoms with E-state index in [-0.39, 0.29) is 5.78 Å². The molecule has 0 saturated heterocycles. The van der Waals surface area contributed by atoms with Crippen molar-refractivity contribution >= 4 is 52.0 Å². The Balaban J connectivity index is 1.74. The van der Waals surface area contributed by atoms with Gasteiger partial charge in [0.15, 0.2) is 5.78 Å². The van der Waals surface area contributed by atoms with Gasteiger partial charge in [0.1, 0.15) is 6.04 Å². The summed E-state index contributed by atoms with van der Waals surface area (Å²) in [4.78, 5) is 17.2. The number of Topliss-reactive ketones (excluding diaryl/α,β-unsaturated/α-hetero) is 1. The fourth-order valence-corrected chi connectivity index (χ4v) is 4.16. The zero-order valence-corrected chi connectivity index (χ0v) is 18.3. The summed E-state index contributed by atoms with van der Waals surface area (Å²) in [7, 11) is 0. The lowest BCUT2D eigenvalue weighted by Crippen LogP contribution is -2.42. The van der Waals surface area contributed by atoms with E-state index < -0.39 is 6.04 Å². The first-order chi connectivity index (χ1) is 14.4. The molecule has 2 heterocycles. The van der Waals surface area contributed by atoms with E-state index in [9.17, 15) is 4.79 Å². The molecule has 1 atom stereocenters. The first-order valence-electron chi connectivity index (χ1n) is 9.33. The summed E-state index contributed by atoms with van der Waals surface area (Å²) >= 11 is 18.7. The predicted octanol–water partition coefficient (Wildman–Crippen LogP) is 5.98. The second-order valence-corrected chi connectivity index (χ2v) is 8.31. The normalized spacial score (nSPS) is 16.3. The molecule has 0 saturated carbocycles. The first kappa shape index (κ1) is 20.9. The summed E-state index contributed by atoms with van der Waals surface area (Å²) in [5.74, 6) is 0.0535. The second kappa shape index (κ2) is 8.78. The van der Waals surface area contributed by atoms with Crippen molar-refractivity contribution in [3.05, 3.63) is 98.8 Å². The maximum atomic E-state index is 13.2. The molecule has 0 aliphatic carbocycles. The van der Waals surface area contributed by atoms with E-state index in [1.807, 2.05) is 54.4 Å². The second-order valence-electron chi connectivity index (χ2n) is 7.03. The van der Waals surface area contributed by atoms with Crippen LogP contribution in [-0.2, 0) is 11.2 Å². The fraction of sp³-hybridized carbons (Fsp3) is 0.130. The molecule has 4 nitrogen and oxygen atoms in total. The monoisotopic (exact) mass is 457 g/mol. The summed E-state index contributed by atoms with van der Waals surface area (Å²) in [5, 5.41) is 3.52. The van der Waals surface area contributed by atoms with Gasteiger partial charge in [0.25, 0.3) is 0 Å². The van der Waals surface area contributed by atoms with Crippen LogP contribution < -0.4 is 10.4 Å². The summed E-state index contributed by atoms with van der Waals surface area (Å²) in [6.07, 6.45) is 3.67. The number of rotatable bonds is 5. The third-order valence-electron chi connectivity index (χ3n) is 5.01. The van der Waals surface area contributed by atoms with Crippen molar-refractivity contribution in [3.8, 4) is 0 Å². The molecule has 30 heavy (non-hydrogen) atoms. The Kier molecular flexibility index (Phi) is 6.11. The van der Waals surface area contributed by atoms with Crippen LogP contribution in [0.15, 0.2) is 72.6 Å². The van der Waals surface area contributed by atoms with Crippen molar-refractivity contribution in [1.29, 1.82) is 0 Å². The molecule has 1 N–H and O–H groups in total. The highest BCUT2D eigenvalue weighted by atomic mass is 35.5. The number of hydrogen-bond donors (Lipinski definition) is 1. The minimum Gasteiger partial charge on any atom is -0.297 e. The minimum atomic E-state index is -0.490. The van der Waals surface area contributed by atoms with Gasteiger partial charge in [0.2, 0.25) is 0 Å². The topological polar surface area (TPSA) is 45.2 Å². The Morgan fingerprint density at radius 1 is 1.00 bits per heavy atom. The van der Waals surface area contributed by atoms with Crippen LogP contribution >= 0.6 is 34.8 Å². The van der Waals surface area contributed by atoms with Gasteiger partial charge in [-0.3, -0.25) is 14.8 Å². The number of carbonyl (C=O) groups excluding carboxylic acids is 1. The molecular weight excluding hydrogens is 441 g/mol. The molecule has 2 aromatic carbocycles. The van der Waals surface area contributed by atoms with Crippen LogP contribution in [0.3, 0.4) is 0 Å². The van der Waals surface area contributed by atoms with Gasteiger partial charge in [-0.05, 0) is 66.1 Å². The largest absolute Gasteiger partial charge is 0.297 e. The molecule has 0 radical (unpaired) electrons. The number of anilines is 1. The predicted molar refractivity (Wildman–Crippen MR) is 123 cm³/mol. The molecule has 152 valence electrons. The van der Waals surface area contributed by atoms with Gasteiger partial charge in [-0.2, -0.15) is 0 Å². The van der Waals surface area contributed by atoms with Gasteiger partial charge in [-0.1, -0.05) is 46.9 Å². The number of nitrogens with one attached hydrogen (secondary N) is 1. The summed E-state index contributed by atoms with van der Waals surface area (Å²) in [5.41, 5.74) is 7.66. The van der Waals surface area contributed by atoms with Crippen molar-refractivity contribution in [2.24, 2.45) is 0 Å². The van der Waals surface area contributed by atoms with E-state index in [0.29, 0.717) is 27.2 Å². The Bertz CT molecular complexity index is 1110. The zero-order valence-electron chi connectivity index (χ0n) is 16.1. The molecule has 4 rings (SSSR count). The van der Waals surface area contributed by atoms with E-state index in [4.69, 9.17) is 34.8 Å². The molecule has 0 spiro atoms. The Hall–Kier alpha value is -2.37. The Labute approximate surface area is 190 Å². The van der Waals surface area contributed by atoms with Crippen LogP contribution in [0.5, 0.6) is 0 Å². The summed E-state index contributed by atoms with van der Waals surface area (Å²) in [6, 6.07) is 16.0. The maximum absolute atomic E-state index is 13.2. The number of pyridine rings is 1. The van der Waals surface area contributed by atoms with E-state index in [1.165, 1.54) is 0 Å². The summed E-state index contributed by atoms with van der Waals surface area (Å²) < 4.78 is 0. The molecule has 1 aromatic heterocycles. The van der Waals surface area contributed by atoms with Gasteiger partial charge >= 0.3 is 0 Å². The highest BCUT2D eigenvalue weighted by Crippen LogP contribution is 2.38. The average molecular weight is 459 g/mol. The first-order valence-corrected chi connectivity index (χ1v) is 10.5. The molecule has 0 bridgehead atoms. The summed E-state index contributed by atoms with van der Waals surface area (Å²) in [6.45, 7) is 1.95. The molecule has 1 unspecified atom stereocenters. The smallest absolute Gasteiger partial charge is 0.160 e. The average Bonchev–Trinajstić information content (AvgIpc) is 3.06. The molecule has 3 aromatic rings. The van der Waals surface area contributed by atoms with Gasteiger partial charge in [-0.15, -0.1) is 0 Å². The van der Waals surface area contributed by atoms with Crippen molar-refractivity contribution < 1.29 is 4.79 Å². The van der Waals surface area contributed by atoms with Gasteiger partial charge < -0.3 is 0 Å². The number of nitrogens with zero attached hydrogens (tertiary/aromatic N) is 2. The number of hydrogen-bond acceptors (Lipinski definition) is 4. The number of hydrazine groups is 1. The Morgan fingerprint density at radius 2 is 1.67 bits per heavy atom. The molecule has 7 heteroatoms. The highest BCUT2D eigenvalue weighted by molar-refractivity contribution is 6.36. The molecule has 1 aliphatic rings. The third kappa shape index (κ3) is 4.23. The zero-order chi connectivity index (χ0) is 21.3. The quantitative estimate of drug-likeness (QED) is 0.511.